The second-order valence-corrected chi connectivity index (χ2v) is 5.22. The van der Waals surface area contributed by atoms with Gasteiger partial charge in [0.25, 0.3) is 0 Å². The lowest BCUT2D eigenvalue weighted by molar-refractivity contribution is 0.470. The lowest BCUT2D eigenvalue weighted by atomic mass is 9.95. The van der Waals surface area contributed by atoms with E-state index < -0.39 is 0 Å². The highest BCUT2D eigenvalue weighted by Gasteiger charge is 2.08. The summed E-state index contributed by atoms with van der Waals surface area (Å²) in [7, 11) is 0. The molecule has 0 amide bonds. The fraction of sp³-hybridized carbons (Fsp3) is 0.105. The Morgan fingerprint density at radius 1 is 1.05 bits per heavy atom. The Morgan fingerprint density at radius 3 is 2.62 bits per heavy atom. The molecule has 102 valence electrons. The second-order valence-electron chi connectivity index (χ2n) is 5.22. The summed E-state index contributed by atoms with van der Waals surface area (Å²) in [5.41, 5.74) is 3.69. The molecule has 0 aromatic heterocycles. The van der Waals surface area contributed by atoms with Gasteiger partial charge >= 0.3 is 0 Å². The molecule has 0 aliphatic carbocycles. The van der Waals surface area contributed by atoms with Gasteiger partial charge in [-0.25, -0.2) is 0 Å². The van der Waals surface area contributed by atoms with Crippen molar-refractivity contribution in [3.63, 3.8) is 0 Å². The van der Waals surface area contributed by atoms with Crippen molar-refractivity contribution < 1.29 is 5.11 Å². The quantitative estimate of drug-likeness (QED) is 0.755. The van der Waals surface area contributed by atoms with E-state index in [2.05, 4.69) is 6.07 Å². The summed E-state index contributed by atoms with van der Waals surface area (Å²) in [6.45, 7) is 1.94. The Balaban J connectivity index is 2.08. The van der Waals surface area contributed by atoms with Crippen LogP contribution in [0.3, 0.4) is 0 Å². The molecule has 3 rings (SSSR count). The Bertz CT molecular complexity index is 859. The number of nitrogens with zero attached hydrogens (tertiary/aromatic N) is 1. The maximum Gasteiger partial charge on any atom is 0.119 e. The molecular formula is C19H15NO. The average molecular weight is 273 g/mol. The Kier molecular flexibility index (Phi) is 3.33. The standard InChI is InChI=1S/C19H15NO/c1-13-10-14(6-7-16(13)12-20)11-18-17-5-3-2-4-15(17)8-9-19(18)21/h2-10,21H,11H2,1H3. The normalized spacial score (nSPS) is 10.5. The summed E-state index contributed by atoms with van der Waals surface area (Å²) in [5.74, 6) is 0.315. The molecule has 1 N–H and O–H groups in total. The van der Waals surface area contributed by atoms with E-state index in [1.807, 2.05) is 55.5 Å². The summed E-state index contributed by atoms with van der Waals surface area (Å²) in [4.78, 5) is 0. The monoisotopic (exact) mass is 273 g/mol. The van der Waals surface area contributed by atoms with Crippen LogP contribution in [0.25, 0.3) is 10.8 Å². The molecule has 0 atom stereocenters. The predicted molar refractivity (Wildman–Crippen MR) is 84.3 cm³/mol. The van der Waals surface area contributed by atoms with Crippen molar-refractivity contribution in [2.24, 2.45) is 0 Å². The summed E-state index contributed by atoms with van der Waals surface area (Å²) in [5, 5.41) is 21.4. The zero-order chi connectivity index (χ0) is 14.8. The molecule has 2 nitrogen and oxygen atoms in total. The third-order valence-corrected chi connectivity index (χ3v) is 3.81. The molecule has 3 aromatic carbocycles. The molecule has 21 heavy (non-hydrogen) atoms. The van der Waals surface area contributed by atoms with Crippen molar-refractivity contribution in [3.05, 3.63) is 76.9 Å². The van der Waals surface area contributed by atoms with Crippen LogP contribution < -0.4 is 0 Å². The van der Waals surface area contributed by atoms with Crippen molar-refractivity contribution in [1.29, 1.82) is 5.26 Å². The van der Waals surface area contributed by atoms with Crippen LogP contribution in [-0.2, 0) is 6.42 Å². The maximum atomic E-state index is 10.2. The minimum Gasteiger partial charge on any atom is -0.508 e. The molecule has 0 spiro atoms. The van der Waals surface area contributed by atoms with Gasteiger partial charge in [-0.15, -0.1) is 0 Å². The number of aromatic hydroxyl groups is 1. The summed E-state index contributed by atoms with van der Waals surface area (Å²) in [6, 6.07) is 19.7. The highest BCUT2D eigenvalue weighted by molar-refractivity contribution is 5.88. The summed E-state index contributed by atoms with van der Waals surface area (Å²) in [6.07, 6.45) is 0.653. The van der Waals surface area contributed by atoms with Gasteiger partial charge < -0.3 is 5.11 Å². The Morgan fingerprint density at radius 2 is 1.86 bits per heavy atom. The van der Waals surface area contributed by atoms with Gasteiger partial charge in [0.15, 0.2) is 0 Å². The number of rotatable bonds is 2. The number of benzene rings is 3. The van der Waals surface area contributed by atoms with E-state index >= 15 is 0 Å². The van der Waals surface area contributed by atoms with Gasteiger partial charge in [-0.3, -0.25) is 0 Å². The maximum absolute atomic E-state index is 10.2. The van der Waals surface area contributed by atoms with Gasteiger partial charge in [0, 0.05) is 12.0 Å². The van der Waals surface area contributed by atoms with Gasteiger partial charge in [0.05, 0.1) is 11.6 Å². The summed E-state index contributed by atoms with van der Waals surface area (Å²) >= 11 is 0. The van der Waals surface area contributed by atoms with E-state index in [4.69, 9.17) is 5.26 Å². The van der Waals surface area contributed by atoms with Crippen LogP contribution in [-0.4, -0.2) is 5.11 Å². The number of hydrogen-bond acceptors (Lipinski definition) is 2. The highest BCUT2D eigenvalue weighted by Crippen LogP contribution is 2.29. The number of phenolic OH excluding ortho intramolecular Hbond substituents is 1. The average Bonchev–Trinajstić information content (AvgIpc) is 2.50. The Labute approximate surface area is 123 Å². The number of aryl methyl sites for hydroxylation is 1. The molecule has 0 unspecified atom stereocenters. The zero-order valence-electron chi connectivity index (χ0n) is 11.8. The van der Waals surface area contributed by atoms with Crippen LogP contribution in [0.5, 0.6) is 5.75 Å². The first-order valence-corrected chi connectivity index (χ1v) is 6.88. The number of phenols is 1. The molecule has 0 saturated heterocycles. The van der Waals surface area contributed by atoms with Crippen LogP contribution >= 0.6 is 0 Å². The SMILES string of the molecule is Cc1cc(Cc2c(O)ccc3ccccc23)ccc1C#N. The van der Waals surface area contributed by atoms with Crippen LogP contribution in [0, 0.1) is 18.3 Å². The van der Waals surface area contributed by atoms with Crippen LogP contribution in [0.2, 0.25) is 0 Å². The van der Waals surface area contributed by atoms with E-state index in [1.54, 1.807) is 6.07 Å². The molecule has 0 fully saturated rings. The van der Waals surface area contributed by atoms with Crippen molar-refractivity contribution in [2.45, 2.75) is 13.3 Å². The van der Waals surface area contributed by atoms with Crippen molar-refractivity contribution >= 4 is 10.8 Å². The van der Waals surface area contributed by atoms with E-state index in [0.29, 0.717) is 17.7 Å². The molecular weight excluding hydrogens is 258 g/mol. The zero-order valence-corrected chi connectivity index (χ0v) is 11.8. The molecule has 0 aliphatic rings. The van der Waals surface area contributed by atoms with E-state index in [9.17, 15) is 5.11 Å². The van der Waals surface area contributed by atoms with Gasteiger partial charge in [-0.1, -0.05) is 42.5 Å². The van der Waals surface area contributed by atoms with Crippen molar-refractivity contribution in [2.75, 3.05) is 0 Å². The minimum atomic E-state index is 0.315. The van der Waals surface area contributed by atoms with Gasteiger partial charge in [0.1, 0.15) is 5.75 Å². The van der Waals surface area contributed by atoms with Crippen molar-refractivity contribution in [1.82, 2.24) is 0 Å². The minimum absolute atomic E-state index is 0.315. The first kappa shape index (κ1) is 13.2. The first-order chi connectivity index (χ1) is 10.2. The lowest BCUT2D eigenvalue weighted by Gasteiger charge is -2.10. The second kappa shape index (κ2) is 5.30. The molecule has 2 heteroatoms. The van der Waals surface area contributed by atoms with E-state index in [0.717, 1.165) is 27.5 Å². The number of nitriles is 1. The third-order valence-electron chi connectivity index (χ3n) is 3.81. The van der Waals surface area contributed by atoms with Crippen LogP contribution in [0.15, 0.2) is 54.6 Å². The largest absolute Gasteiger partial charge is 0.508 e. The molecule has 0 radical (unpaired) electrons. The topological polar surface area (TPSA) is 44.0 Å². The smallest absolute Gasteiger partial charge is 0.119 e. The Hall–Kier alpha value is -2.79. The number of hydrogen-bond donors (Lipinski definition) is 1. The lowest BCUT2D eigenvalue weighted by Crippen LogP contribution is -1.93. The van der Waals surface area contributed by atoms with E-state index in [1.165, 1.54) is 0 Å². The number of fused-ring (bicyclic) bond motifs is 1. The molecule has 0 saturated carbocycles. The van der Waals surface area contributed by atoms with Gasteiger partial charge in [0.2, 0.25) is 0 Å². The summed E-state index contributed by atoms with van der Waals surface area (Å²) < 4.78 is 0. The predicted octanol–water partition coefficient (Wildman–Crippen LogP) is 4.32. The fourth-order valence-corrected chi connectivity index (χ4v) is 2.68. The molecule has 3 aromatic rings. The fourth-order valence-electron chi connectivity index (χ4n) is 2.68. The van der Waals surface area contributed by atoms with Gasteiger partial charge in [-0.05, 0) is 41.0 Å². The van der Waals surface area contributed by atoms with Crippen molar-refractivity contribution in [3.8, 4) is 11.8 Å². The molecule has 0 bridgehead atoms. The molecule has 0 heterocycles. The third kappa shape index (κ3) is 2.46. The first-order valence-electron chi connectivity index (χ1n) is 6.88. The van der Waals surface area contributed by atoms with Crippen LogP contribution in [0.1, 0.15) is 22.3 Å². The highest BCUT2D eigenvalue weighted by atomic mass is 16.3. The van der Waals surface area contributed by atoms with E-state index in [-0.39, 0.29) is 0 Å². The van der Waals surface area contributed by atoms with Gasteiger partial charge in [-0.2, -0.15) is 5.26 Å². The molecule has 0 aliphatic heterocycles. The van der Waals surface area contributed by atoms with Crippen LogP contribution in [0.4, 0.5) is 0 Å².